The van der Waals surface area contributed by atoms with Gasteiger partial charge in [0, 0.05) is 25.0 Å². The summed E-state index contributed by atoms with van der Waals surface area (Å²) in [5, 5.41) is 6.93. The third kappa shape index (κ3) is 4.52. The summed E-state index contributed by atoms with van der Waals surface area (Å²) in [4.78, 5) is 4.54. The molecule has 2 aliphatic rings. The van der Waals surface area contributed by atoms with Crippen LogP contribution in [0, 0.1) is 0 Å². The first kappa shape index (κ1) is 18.4. The normalized spacial score (nSPS) is 19.8. The van der Waals surface area contributed by atoms with Gasteiger partial charge in [-0.25, -0.2) is 0 Å². The van der Waals surface area contributed by atoms with Gasteiger partial charge in [-0.3, -0.25) is 4.99 Å². The maximum Gasteiger partial charge on any atom is 0.191 e. The lowest BCUT2D eigenvalue weighted by atomic mass is 9.69. The summed E-state index contributed by atoms with van der Waals surface area (Å²) in [6.45, 7) is 2.93. The number of methoxy groups -OCH3 is 1. The van der Waals surface area contributed by atoms with Crippen LogP contribution in [0.2, 0.25) is 0 Å². The monoisotopic (exact) mass is 429 g/mol. The lowest BCUT2D eigenvalue weighted by Gasteiger charge is -2.38. The molecule has 2 N–H and O–H groups in total. The van der Waals surface area contributed by atoms with Crippen molar-refractivity contribution in [3.8, 4) is 5.75 Å². The standard InChI is InChI=1S/C18H27N3O.HI/c1-22-16-8-6-15(7-9-16)18(10-3-2-4-11-18)14-21-17-19-12-5-13-20-17;/h6-9H,2-5,10-14H2,1H3,(H2,19,20,21);1H. The molecule has 0 radical (unpaired) electrons. The van der Waals surface area contributed by atoms with E-state index in [0.29, 0.717) is 0 Å². The summed E-state index contributed by atoms with van der Waals surface area (Å²) in [5.41, 5.74) is 1.66. The highest BCUT2D eigenvalue weighted by Crippen LogP contribution is 2.39. The quantitative estimate of drug-likeness (QED) is 0.721. The van der Waals surface area contributed by atoms with Crippen molar-refractivity contribution in [2.24, 2.45) is 4.99 Å². The number of halogens is 1. The molecule has 1 aliphatic heterocycles. The van der Waals surface area contributed by atoms with Gasteiger partial charge in [0.2, 0.25) is 0 Å². The van der Waals surface area contributed by atoms with Crippen molar-refractivity contribution >= 4 is 29.9 Å². The molecule has 5 heteroatoms. The van der Waals surface area contributed by atoms with E-state index in [0.717, 1.165) is 37.8 Å². The highest BCUT2D eigenvalue weighted by molar-refractivity contribution is 14.0. The molecule has 1 aliphatic carbocycles. The second kappa shape index (κ2) is 8.76. The van der Waals surface area contributed by atoms with Crippen LogP contribution in [-0.4, -0.2) is 32.7 Å². The third-order valence-electron chi connectivity index (χ3n) is 5.00. The Morgan fingerprint density at radius 2 is 1.87 bits per heavy atom. The minimum absolute atomic E-state index is 0. The van der Waals surface area contributed by atoms with Crippen molar-refractivity contribution in [1.29, 1.82) is 0 Å². The lowest BCUT2D eigenvalue weighted by Crippen LogP contribution is -2.48. The summed E-state index contributed by atoms with van der Waals surface area (Å²) < 4.78 is 5.30. The van der Waals surface area contributed by atoms with Crippen LogP contribution in [0.5, 0.6) is 5.75 Å². The van der Waals surface area contributed by atoms with Crippen LogP contribution in [-0.2, 0) is 5.41 Å². The SMILES string of the molecule is COc1ccc(C2(CNC3=NCCCN3)CCCCC2)cc1.I. The molecular weight excluding hydrogens is 401 g/mol. The van der Waals surface area contributed by atoms with Crippen LogP contribution in [0.1, 0.15) is 44.1 Å². The predicted octanol–water partition coefficient (Wildman–Crippen LogP) is 3.45. The average molecular weight is 429 g/mol. The van der Waals surface area contributed by atoms with Gasteiger partial charge >= 0.3 is 0 Å². The average Bonchev–Trinajstić information content (AvgIpc) is 2.62. The summed E-state index contributed by atoms with van der Waals surface area (Å²) in [5.74, 6) is 1.91. The Labute approximate surface area is 156 Å². The third-order valence-corrected chi connectivity index (χ3v) is 5.00. The largest absolute Gasteiger partial charge is 0.497 e. The van der Waals surface area contributed by atoms with Crippen molar-refractivity contribution in [3.05, 3.63) is 29.8 Å². The van der Waals surface area contributed by atoms with E-state index in [1.807, 2.05) is 0 Å². The number of hydrogen-bond acceptors (Lipinski definition) is 4. The van der Waals surface area contributed by atoms with E-state index in [9.17, 15) is 0 Å². The Hall–Kier alpha value is -0.980. The molecule has 3 rings (SSSR count). The van der Waals surface area contributed by atoms with Gasteiger partial charge in [0.1, 0.15) is 5.75 Å². The van der Waals surface area contributed by atoms with Crippen molar-refractivity contribution in [1.82, 2.24) is 10.6 Å². The topological polar surface area (TPSA) is 45.6 Å². The molecule has 1 heterocycles. The maximum atomic E-state index is 5.30. The zero-order valence-corrected chi connectivity index (χ0v) is 16.3. The first-order chi connectivity index (χ1) is 10.8. The van der Waals surface area contributed by atoms with Gasteiger partial charge in [-0.1, -0.05) is 31.4 Å². The Balaban J connectivity index is 0.00000192. The van der Waals surface area contributed by atoms with Crippen LogP contribution in [0.4, 0.5) is 0 Å². The van der Waals surface area contributed by atoms with Crippen LogP contribution >= 0.6 is 24.0 Å². The van der Waals surface area contributed by atoms with Crippen LogP contribution < -0.4 is 15.4 Å². The molecule has 1 fully saturated rings. The van der Waals surface area contributed by atoms with E-state index in [1.54, 1.807) is 7.11 Å². The number of aliphatic imine (C=N–C) groups is 1. The van der Waals surface area contributed by atoms with Gasteiger partial charge < -0.3 is 15.4 Å². The zero-order valence-electron chi connectivity index (χ0n) is 13.9. The molecule has 0 unspecified atom stereocenters. The Bertz CT molecular complexity index is 510. The predicted molar refractivity (Wildman–Crippen MR) is 106 cm³/mol. The lowest BCUT2D eigenvalue weighted by molar-refractivity contribution is 0.290. The molecular formula is C18H28IN3O. The maximum absolute atomic E-state index is 5.30. The molecule has 1 saturated carbocycles. The second-order valence-electron chi connectivity index (χ2n) is 6.43. The van der Waals surface area contributed by atoms with E-state index < -0.39 is 0 Å². The minimum atomic E-state index is 0. The second-order valence-corrected chi connectivity index (χ2v) is 6.43. The number of nitrogens with zero attached hydrogens (tertiary/aromatic N) is 1. The van der Waals surface area contributed by atoms with Crippen molar-refractivity contribution in [2.75, 3.05) is 26.7 Å². The summed E-state index contributed by atoms with van der Waals surface area (Å²) >= 11 is 0. The van der Waals surface area contributed by atoms with Gasteiger partial charge in [-0.05, 0) is 37.0 Å². The fraction of sp³-hybridized carbons (Fsp3) is 0.611. The number of rotatable bonds is 4. The molecule has 128 valence electrons. The van der Waals surface area contributed by atoms with E-state index in [2.05, 4.69) is 39.9 Å². The van der Waals surface area contributed by atoms with Gasteiger partial charge in [-0.15, -0.1) is 24.0 Å². The van der Waals surface area contributed by atoms with Gasteiger partial charge in [0.15, 0.2) is 5.96 Å². The first-order valence-corrected chi connectivity index (χ1v) is 8.49. The number of nitrogens with one attached hydrogen (secondary N) is 2. The minimum Gasteiger partial charge on any atom is -0.497 e. The van der Waals surface area contributed by atoms with Crippen molar-refractivity contribution < 1.29 is 4.74 Å². The first-order valence-electron chi connectivity index (χ1n) is 8.49. The number of ether oxygens (including phenoxy) is 1. The van der Waals surface area contributed by atoms with E-state index >= 15 is 0 Å². The molecule has 0 saturated heterocycles. The Morgan fingerprint density at radius 3 is 2.48 bits per heavy atom. The fourth-order valence-electron chi connectivity index (χ4n) is 3.64. The van der Waals surface area contributed by atoms with Gasteiger partial charge in [0.25, 0.3) is 0 Å². The zero-order chi connectivity index (χ0) is 15.3. The Morgan fingerprint density at radius 1 is 1.13 bits per heavy atom. The van der Waals surface area contributed by atoms with Crippen LogP contribution in [0.25, 0.3) is 0 Å². The fourth-order valence-corrected chi connectivity index (χ4v) is 3.64. The molecule has 4 nitrogen and oxygen atoms in total. The molecule has 1 aromatic rings. The van der Waals surface area contributed by atoms with Crippen molar-refractivity contribution in [2.45, 2.75) is 43.9 Å². The number of hydrogen-bond donors (Lipinski definition) is 2. The van der Waals surface area contributed by atoms with Crippen molar-refractivity contribution in [3.63, 3.8) is 0 Å². The van der Waals surface area contributed by atoms with Gasteiger partial charge in [-0.2, -0.15) is 0 Å². The molecule has 0 bridgehead atoms. The highest BCUT2D eigenvalue weighted by atomic mass is 127. The Kier molecular flexibility index (Phi) is 6.99. The van der Waals surface area contributed by atoms with E-state index in [1.165, 1.54) is 37.7 Å². The van der Waals surface area contributed by atoms with E-state index in [4.69, 9.17) is 4.74 Å². The number of benzene rings is 1. The van der Waals surface area contributed by atoms with Crippen LogP contribution in [0.3, 0.4) is 0 Å². The molecule has 0 atom stereocenters. The smallest absolute Gasteiger partial charge is 0.191 e. The summed E-state index contributed by atoms with van der Waals surface area (Å²) in [6, 6.07) is 8.65. The summed E-state index contributed by atoms with van der Waals surface area (Å²) in [6.07, 6.45) is 7.62. The van der Waals surface area contributed by atoms with E-state index in [-0.39, 0.29) is 29.4 Å². The summed E-state index contributed by atoms with van der Waals surface area (Å²) in [7, 11) is 1.72. The van der Waals surface area contributed by atoms with Crippen LogP contribution in [0.15, 0.2) is 29.3 Å². The molecule has 0 aromatic heterocycles. The highest BCUT2D eigenvalue weighted by Gasteiger charge is 2.34. The van der Waals surface area contributed by atoms with Gasteiger partial charge in [0.05, 0.1) is 7.11 Å². The molecule has 0 spiro atoms. The molecule has 23 heavy (non-hydrogen) atoms. The molecule has 1 aromatic carbocycles. The molecule has 0 amide bonds. The number of guanidine groups is 1.